The molecule has 0 aliphatic heterocycles. The van der Waals surface area contributed by atoms with Crippen LogP contribution in [0.1, 0.15) is 17.5 Å². The first-order valence-corrected chi connectivity index (χ1v) is 8.39. The predicted octanol–water partition coefficient (Wildman–Crippen LogP) is 2.90. The number of nitrogens with two attached hydrogens (primary N) is 1. The van der Waals surface area contributed by atoms with Crippen LogP contribution in [-0.2, 0) is 22.7 Å². The first-order chi connectivity index (χ1) is 13.0. The molecule has 27 heavy (non-hydrogen) atoms. The highest BCUT2D eigenvalue weighted by atomic mass is 19.1. The fraction of sp³-hybridized carbons (Fsp3) is 0.200. The van der Waals surface area contributed by atoms with Gasteiger partial charge < -0.3 is 21.1 Å². The van der Waals surface area contributed by atoms with Gasteiger partial charge in [0.25, 0.3) is 0 Å². The summed E-state index contributed by atoms with van der Waals surface area (Å²) in [4.78, 5) is 24.3. The smallest absolute Gasteiger partial charge is 0.408 e. The van der Waals surface area contributed by atoms with Crippen LogP contribution in [-0.4, -0.2) is 18.0 Å². The molecule has 6 nitrogen and oxygen atoms in total. The van der Waals surface area contributed by atoms with Crippen LogP contribution >= 0.6 is 0 Å². The van der Waals surface area contributed by atoms with Gasteiger partial charge in [-0.25, -0.2) is 9.18 Å². The van der Waals surface area contributed by atoms with Gasteiger partial charge in [-0.2, -0.15) is 0 Å². The summed E-state index contributed by atoms with van der Waals surface area (Å²) in [5, 5.41) is 5.13. The van der Waals surface area contributed by atoms with Gasteiger partial charge >= 0.3 is 6.09 Å². The topological polar surface area (TPSA) is 93.4 Å². The standard InChI is InChI=1S/C20H22FN3O3/c1-2-6-18(24-20(26)27-13-14-7-4-3-5-8-14)19(25)23-12-15-11-16(21)9-10-17(15)22/h2-5,7-11,18H,1,6,12-13,22H2,(H,23,25)(H,24,26). The molecule has 0 heterocycles. The molecule has 1 atom stereocenters. The second kappa shape index (κ2) is 9.96. The molecular formula is C20H22FN3O3. The SMILES string of the molecule is C=CCC(NC(=O)OCc1ccccc1)C(=O)NCc1cc(F)ccc1N. The molecule has 0 aliphatic rings. The third-order valence-corrected chi connectivity index (χ3v) is 3.78. The summed E-state index contributed by atoms with van der Waals surface area (Å²) in [7, 11) is 0. The van der Waals surface area contributed by atoms with Gasteiger partial charge in [-0.15, -0.1) is 6.58 Å². The second-order valence-corrected chi connectivity index (χ2v) is 5.84. The molecule has 2 amide bonds. The highest BCUT2D eigenvalue weighted by Crippen LogP contribution is 2.13. The lowest BCUT2D eigenvalue weighted by molar-refractivity contribution is -0.123. The quantitative estimate of drug-likeness (QED) is 0.491. The second-order valence-electron chi connectivity index (χ2n) is 5.84. The maximum absolute atomic E-state index is 13.3. The van der Waals surface area contributed by atoms with Crippen molar-refractivity contribution >= 4 is 17.7 Å². The number of benzene rings is 2. The minimum atomic E-state index is -0.861. The van der Waals surface area contributed by atoms with Gasteiger partial charge in [-0.05, 0) is 35.7 Å². The van der Waals surface area contributed by atoms with Crippen molar-refractivity contribution in [2.45, 2.75) is 25.6 Å². The summed E-state index contributed by atoms with van der Waals surface area (Å²) >= 11 is 0. The Labute approximate surface area is 157 Å². The zero-order chi connectivity index (χ0) is 19.6. The normalized spacial score (nSPS) is 11.3. The zero-order valence-corrected chi connectivity index (χ0v) is 14.8. The van der Waals surface area contributed by atoms with E-state index in [1.807, 2.05) is 30.3 Å². The van der Waals surface area contributed by atoms with E-state index in [2.05, 4.69) is 17.2 Å². The fourth-order valence-electron chi connectivity index (χ4n) is 2.34. The molecule has 142 valence electrons. The van der Waals surface area contributed by atoms with E-state index in [0.29, 0.717) is 11.3 Å². The van der Waals surface area contributed by atoms with Crippen molar-refractivity contribution in [3.63, 3.8) is 0 Å². The third kappa shape index (κ3) is 6.47. The van der Waals surface area contributed by atoms with Gasteiger partial charge in [0.1, 0.15) is 18.5 Å². The largest absolute Gasteiger partial charge is 0.445 e. The van der Waals surface area contributed by atoms with E-state index in [4.69, 9.17) is 10.5 Å². The number of hydrogen-bond acceptors (Lipinski definition) is 4. The van der Waals surface area contributed by atoms with E-state index in [-0.39, 0.29) is 19.6 Å². The predicted molar refractivity (Wildman–Crippen MR) is 101 cm³/mol. The van der Waals surface area contributed by atoms with Crippen molar-refractivity contribution in [1.29, 1.82) is 0 Å². The molecular weight excluding hydrogens is 349 g/mol. The Morgan fingerprint density at radius 1 is 1.22 bits per heavy atom. The Morgan fingerprint density at radius 3 is 2.67 bits per heavy atom. The minimum absolute atomic E-state index is 0.0385. The van der Waals surface area contributed by atoms with Gasteiger partial charge in [0.05, 0.1) is 0 Å². The molecule has 0 aliphatic carbocycles. The average Bonchev–Trinajstić information content (AvgIpc) is 2.67. The monoisotopic (exact) mass is 371 g/mol. The number of carbonyl (C=O) groups excluding carboxylic acids is 2. The highest BCUT2D eigenvalue weighted by molar-refractivity contribution is 5.85. The summed E-state index contributed by atoms with van der Waals surface area (Å²) < 4.78 is 18.4. The van der Waals surface area contributed by atoms with Crippen molar-refractivity contribution in [3.05, 3.63) is 78.1 Å². The van der Waals surface area contributed by atoms with Gasteiger partial charge in [-0.1, -0.05) is 36.4 Å². The lowest BCUT2D eigenvalue weighted by Gasteiger charge is -2.17. The van der Waals surface area contributed by atoms with Crippen LogP contribution in [0, 0.1) is 5.82 Å². The minimum Gasteiger partial charge on any atom is -0.445 e. The van der Waals surface area contributed by atoms with Crippen LogP contribution in [0.4, 0.5) is 14.9 Å². The Morgan fingerprint density at radius 2 is 1.96 bits per heavy atom. The summed E-state index contributed by atoms with van der Waals surface area (Å²) in [6.45, 7) is 3.72. The number of alkyl carbamates (subject to hydrolysis) is 1. The Hall–Kier alpha value is -3.35. The molecule has 0 bridgehead atoms. The van der Waals surface area contributed by atoms with Crippen LogP contribution in [0.5, 0.6) is 0 Å². The van der Waals surface area contributed by atoms with Crippen molar-refractivity contribution in [2.75, 3.05) is 5.73 Å². The third-order valence-electron chi connectivity index (χ3n) is 3.78. The Kier molecular flexibility index (Phi) is 7.37. The molecule has 0 radical (unpaired) electrons. The van der Waals surface area contributed by atoms with E-state index in [1.54, 1.807) is 0 Å². The fourth-order valence-corrected chi connectivity index (χ4v) is 2.34. The molecule has 1 unspecified atom stereocenters. The molecule has 0 aromatic heterocycles. The van der Waals surface area contributed by atoms with Crippen LogP contribution in [0.2, 0.25) is 0 Å². The number of halogens is 1. The summed E-state index contributed by atoms with van der Waals surface area (Å²) in [5.41, 5.74) is 7.41. The number of nitrogens with one attached hydrogen (secondary N) is 2. The molecule has 2 rings (SSSR count). The number of ether oxygens (including phenoxy) is 1. The van der Waals surface area contributed by atoms with E-state index in [1.165, 1.54) is 24.3 Å². The lowest BCUT2D eigenvalue weighted by Crippen LogP contribution is -2.46. The van der Waals surface area contributed by atoms with E-state index in [9.17, 15) is 14.0 Å². The molecule has 7 heteroatoms. The molecule has 2 aromatic carbocycles. The molecule has 0 saturated heterocycles. The first-order valence-electron chi connectivity index (χ1n) is 8.39. The molecule has 4 N–H and O–H groups in total. The summed E-state index contributed by atoms with van der Waals surface area (Å²) in [6.07, 6.45) is 1.01. The van der Waals surface area contributed by atoms with Crippen molar-refractivity contribution < 1.29 is 18.7 Å². The van der Waals surface area contributed by atoms with Crippen molar-refractivity contribution in [3.8, 4) is 0 Å². The number of nitrogen functional groups attached to an aromatic ring is 1. The number of rotatable bonds is 8. The number of carbonyl (C=O) groups is 2. The maximum atomic E-state index is 13.3. The highest BCUT2D eigenvalue weighted by Gasteiger charge is 2.20. The van der Waals surface area contributed by atoms with Gasteiger partial charge in [0, 0.05) is 12.2 Å². The maximum Gasteiger partial charge on any atom is 0.408 e. The lowest BCUT2D eigenvalue weighted by atomic mass is 10.1. The van der Waals surface area contributed by atoms with Crippen LogP contribution < -0.4 is 16.4 Å². The Balaban J connectivity index is 1.88. The average molecular weight is 371 g/mol. The summed E-state index contributed by atoms with van der Waals surface area (Å²) in [6, 6.07) is 12.2. The number of hydrogen-bond donors (Lipinski definition) is 3. The number of amides is 2. The van der Waals surface area contributed by atoms with Gasteiger partial charge in [-0.3, -0.25) is 4.79 Å². The first kappa shape index (κ1) is 20.0. The van der Waals surface area contributed by atoms with Crippen LogP contribution in [0.3, 0.4) is 0 Å². The van der Waals surface area contributed by atoms with E-state index >= 15 is 0 Å². The Bertz CT molecular complexity index is 796. The molecule has 0 fully saturated rings. The molecule has 0 saturated carbocycles. The molecule has 2 aromatic rings. The van der Waals surface area contributed by atoms with Gasteiger partial charge in [0.2, 0.25) is 5.91 Å². The van der Waals surface area contributed by atoms with E-state index in [0.717, 1.165) is 5.56 Å². The van der Waals surface area contributed by atoms with E-state index < -0.39 is 23.9 Å². The van der Waals surface area contributed by atoms with Gasteiger partial charge in [0.15, 0.2) is 0 Å². The van der Waals surface area contributed by atoms with Crippen molar-refractivity contribution in [2.24, 2.45) is 0 Å². The van der Waals surface area contributed by atoms with Crippen LogP contribution in [0.25, 0.3) is 0 Å². The number of anilines is 1. The summed E-state index contributed by atoms with van der Waals surface area (Å²) in [5.74, 6) is -0.895. The zero-order valence-electron chi connectivity index (χ0n) is 14.8. The molecule has 0 spiro atoms. The van der Waals surface area contributed by atoms with Crippen LogP contribution in [0.15, 0.2) is 61.2 Å². The van der Waals surface area contributed by atoms with Crippen molar-refractivity contribution in [1.82, 2.24) is 10.6 Å².